The molecule has 0 spiro atoms. The molecule has 1 atom stereocenters. The summed E-state index contributed by atoms with van der Waals surface area (Å²) in [5, 5.41) is 10.3. The molecule has 1 amide bonds. The average Bonchev–Trinajstić information content (AvgIpc) is 2.69. The SMILES string of the molecule is CC(C)[C@H](C(=O)O)N1C(=O)/C(=C/c2ccc(Cl)cc2Cl)SC1=S. The molecule has 0 aliphatic carbocycles. The topological polar surface area (TPSA) is 57.6 Å². The summed E-state index contributed by atoms with van der Waals surface area (Å²) < 4.78 is 0.229. The lowest BCUT2D eigenvalue weighted by Gasteiger charge is -2.26. The summed E-state index contributed by atoms with van der Waals surface area (Å²) in [5.41, 5.74) is 0.619. The van der Waals surface area contributed by atoms with Crippen LogP contribution in [0.3, 0.4) is 0 Å². The third-order valence-corrected chi connectivity index (χ3v) is 5.13. The highest BCUT2D eigenvalue weighted by Crippen LogP contribution is 2.36. The van der Waals surface area contributed by atoms with Crippen molar-refractivity contribution in [3.63, 3.8) is 0 Å². The van der Waals surface area contributed by atoms with Crippen LogP contribution in [0.15, 0.2) is 23.1 Å². The minimum atomic E-state index is -1.08. The van der Waals surface area contributed by atoms with E-state index in [-0.39, 0.29) is 10.2 Å². The van der Waals surface area contributed by atoms with Gasteiger partial charge < -0.3 is 5.11 Å². The zero-order valence-electron chi connectivity index (χ0n) is 12.2. The van der Waals surface area contributed by atoms with E-state index in [0.29, 0.717) is 20.5 Å². The Hall–Kier alpha value is -1.08. The quantitative estimate of drug-likeness (QED) is 0.614. The molecule has 0 bridgehead atoms. The van der Waals surface area contributed by atoms with Gasteiger partial charge in [-0.15, -0.1) is 0 Å². The molecule has 1 aromatic carbocycles. The lowest BCUT2D eigenvalue weighted by molar-refractivity contribution is -0.146. The molecule has 1 fully saturated rings. The van der Waals surface area contributed by atoms with Crippen molar-refractivity contribution in [3.05, 3.63) is 38.7 Å². The smallest absolute Gasteiger partial charge is 0.327 e. The molecule has 23 heavy (non-hydrogen) atoms. The third kappa shape index (κ3) is 3.88. The van der Waals surface area contributed by atoms with Crippen molar-refractivity contribution in [1.82, 2.24) is 4.90 Å². The molecule has 1 aliphatic rings. The lowest BCUT2D eigenvalue weighted by Crippen LogP contribution is -2.47. The first-order valence-corrected chi connectivity index (χ1v) is 8.65. The Morgan fingerprint density at radius 2 is 2.04 bits per heavy atom. The van der Waals surface area contributed by atoms with Crippen molar-refractivity contribution in [1.29, 1.82) is 0 Å². The Kier molecular flexibility index (Phi) is 5.73. The minimum Gasteiger partial charge on any atom is -0.480 e. The molecule has 1 aromatic rings. The van der Waals surface area contributed by atoms with Gasteiger partial charge in [-0.2, -0.15) is 0 Å². The van der Waals surface area contributed by atoms with Crippen LogP contribution in [0.1, 0.15) is 19.4 Å². The van der Waals surface area contributed by atoms with E-state index in [1.54, 1.807) is 38.1 Å². The normalized spacial score (nSPS) is 18.1. The van der Waals surface area contributed by atoms with Crippen LogP contribution in [0.4, 0.5) is 0 Å². The first-order valence-electron chi connectivity index (χ1n) is 6.67. The molecule has 122 valence electrons. The van der Waals surface area contributed by atoms with Gasteiger partial charge in [0.2, 0.25) is 0 Å². The van der Waals surface area contributed by atoms with Gasteiger partial charge in [-0.1, -0.05) is 67.1 Å². The average molecular weight is 390 g/mol. The highest BCUT2D eigenvalue weighted by molar-refractivity contribution is 8.26. The predicted molar refractivity (Wildman–Crippen MR) is 97.7 cm³/mol. The van der Waals surface area contributed by atoms with Gasteiger partial charge in [0.25, 0.3) is 5.91 Å². The first kappa shape index (κ1) is 18.3. The van der Waals surface area contributed by atoms with E-state index in [4.69, 9.17) is 35.4 Å². The molecule has 0 saturated carbocycles. The van der Waals surface area contributed by atoms with Crippen LogP contribution >= 0.6 is 47.2 Å². The van der Waals surface area contributed by atoms with Crippen molar-refractivity contribution < 1.29 is 14.7 Å². The molecule has 1 aliphatic heterocycles. The van der Waals surface area contributed by atoms with Gasteiger partial charge in [-0.05, 0) is 29.7 Å². The maximum atomic E-state index is 12.6. The second kappa shape index (κ2) is 7.21. The summed E-state index contributed by atoms with van der Waals surface area (Å²) in [5.74, 6) is -1.78. The number of hydrogen-bond donors (Lipinski definition) is 1. The summed E-state index contributed by atoms with van der Waals surface area (Å²) in [6.07, 6.45) is 1.59. The number of rotatable bonds is 4. The van der Waals surface area contributed by atoms with Crippen LogP contribution in [-0.2, 0) is 9.59 Å². The number of carbonyl (C=O) groups is 2. The zero-order valence-corrected chi connectivity index (χ0v) is 15.4. The minimum absolute atomic E-state index is 0.229. The van der Waals surface area contributed by atoms with Crippen LogP contribution in [-0.4, -0.2) is 32.2 Å². The van der Waals surface area contributed by atoms with Crippen molar-refractivity contribution in [3.8, 4) is 0 Å². The van der Waals surface area contributed by atoms with E-state index in [9.17, 15) is 14.7 Å². The summed E-state index contributed by atoms with van der Waals surface area (Å²) in [6.45, 7) is 3.47. The van der Waals surface area contributed by atoms with Crippen LogP contribution in [0.5, 0.6) is 0 Å². The van der Waals surface area contributed by atoms with Crippen molar-refractivity contribution in [2.24, 2.45) is 5.92 Å². The fourth-order valence-electron chi connectivity index (χ4n) is 2.17. The van der Waals surface area contributed by atoms with Gasteiger partial charge in [-0.3, -0.25) is 9.69 Å². The number of carbonyl (C=O) groups excluding carboxylic acids is 1. The summed E-state index contributed by atoms with van der Waals surface area (Å²) in [4.78, 5) is 25.5. The van der Waals surface area contributed by atoms with Crippen molar-refractivity contribution in [2.45, 2.75) is 19.9 Å². The van der Waals surface area contributed by atoms with Crippen LogP contribution in [0.2, 0.25) is 10.0 Å². The number of benzene rings is 1. The molecule has 4 nitrogen and oxygen atoms in total. The Labute approximate surface area is 153 Å². The van der Waals surface area contributed by atoms with E-state index < -0.39 is 17.9 Å². The van der Waals surface area contributed by atoms with Crippen LogP contribution < -0.4 is 0 Å². The molecule has 1 heterocycles. The van der Waals surface area contributed by atoms with Crippen molar-refractivity contribution in [2.75, 3.05) is 0 Å². The van der Waals surface area contributed by atoms with Gasteiger partial charge in [0.15, 0.2) is 0 Å². The van der Waals surface area contributed by atoms with E-state index in [1.165, 1.54) is 0 Å². The Morgan fingerprint density at radius 1 is 1.39 bits per heavy atom. The number of thiocarbonyl (C=S) groups is 1. The molecular formula is C15H13Cl2NO3S2. The number of carboxylic acid groups (broad SMARTS) is 1. The van der Waals surface area contributed by atoms with Crippen molar-refractivity contribution >= 4 is 69.5 Å². The van der Waals surface area contributed by atoms with E-state index >= 15 is 0 Å². The molecule has 1 N–H and O–H groups in total. The molecule has 0 unspecified atom stereocenters. The predicted octanol–water partition coefficient (Wildman–Crippen LogP) is 4.30. The molecule has 0 aromatic heterocycles. The monoisotopic (exact) mass is 389 g/mol. The molecular weight excluding hydrogens is 377 g/mol. The van der Waals surface area contributed by atoms with Gasteiger partial charge in [0.1, 0.15) is 10.4 Å². The van der Waals surface area contributed by atoms with E-state index in [2.05, 4.69) is 0 Å². The first-order chi connectivity index (χ1) is 10.7. The van der Waals surface area contributed by atoms with Gasteiger partial charge in [-0.25, -0.2) is 4.79 Å². The molecule has 0 radical (unpaired) electrons. The Morgan fingerprint density at radius 3 is 2.57 bits per heavy atom. The van der Waals surface area contributed by atoms with E-state index in [1.807, 2.05) is 0 Å². The number of carboxylic acids is 1. The number of thioether (sulfide) groups is 1. The maximum absolute atomic E-state index is 12.6. The maximum Gasteiger partial charge on any atom is 0.327 e. The third-order valence-electron chi connectivity index (χ3n) is 3.24. The molecule has 2 rings (SSSR count). The highest BCUT2D eigenvalue weighted by Gasteiger charge is 2.41. The van der Waals surface area contributed by atoms with E-state index in [0.717, 1.165) is 16.7 Å². The molecule has 1 saturated heterocycles. The number of amides is 1. The fraction of sp³-hybridized carbons (Fsp3) is 0.267. The summed E-state index contributed by atoms with van der Waals surface area (Å²) in [7, 11) is 0. The van der Waals surface area contributed by atoms with Crippen LogP contribution in [0.25, 0.3) is 6.08 Å². The second-order valence-corrected chi connectivity index (χ2v) is 7.76. The Balaban J connectivity index is 2.37. The standard InChI is InChI=1S/C15H13Cl2NO3S2/c1-7(2)12(14(20)21)18-13(19)11(23-15(18)22)5-8-3-4-9(16)6-10(8)17/h3-7,12H,1-2H3,(H,20,21)/b11-5-/t12-/m1/s1. The number of hydrogen-bond acceptors (Lipinski definition) is 4. The number of halogens is 2. The highest BCUT2D eigenvalue weighted by atomic mass is 35.5. The Bertz CT molecular complexity index is 719. The largest absolute Gasteiger partial charge is 0.480 e. The lowest BCUT2D eigenvalue weighted by atomic mass is 10.0. The fourth-order valence-corrected chi connectivity index (χ4v) is 3.96. The number of nitrogens with zero attached hydrogens (tertiary/aromatic N) is 1. The second-order valence-electron chi connectivity index (χ2n) is 5.24. The van der Waals surface area contributed by atoms with Gasteiger partial charge in [0, 0.05) is 10.0 Å². The summed E-state index contributed by atoms with van der Waals surface area (Å²) in [6, 6.07) is 3.93. The zero-order chi connectivity index (χ0) is 17.3. The van der Waals surface area contributed by atoms with Crippen LogP contribution in [0, 0.1) is 5.92 Å². The molecule has 8 heteroatoms. The number of aliphatic carboxylic acids is 1. The van der Waals surface area contributed by atoms with Gasteiger partial charge in [0.05, 0.1) is 4.91 Å². The van der Waals surface area contributed by atoms with Gasteiger partial charge >= 0.3 is 5.97 Å². The summed E-state index contributed by atoms with van der Waals surface area (Å²) >= 11 is 18.2.